The molecular formula is C14H14N4O. The van der Waals surface area contributed by atoms with E-state index >= 15 is 0 Å². The molecule has 3 aromatic rings. The number of ether oxygens (including phenoxy) is 1. The number of nitrogens with two attached hydrogens (primary N) is 1. The molecule has 2 heterocycles. The Hall–Kier alpha value is -2.56. The van der Waals surface area contributed by atoms with Gasteiger partial charge in [0.05, 0.1) is 7.11 Å². The van der Waals surface area contributed by atoms with Gasteiger partial charge in [-0.1, -0.05) is 12.1 Å². The first-order valence-electron chi connectivity index (χ1n) is 5.95. The number of benzene rings is 1. The van der Waals surface area contributed by atoms with Crippen LogP contribution in [0, 0.1) is 6.92 Å². The smallest absolute Gasteiger partial charge is 0.240 e. The Labute approximate surface area is 110 Å². The predicted molar refractivity (Wildman–Crippen MR) is 74.1 cm³/mol. The summed E-state index contributed by atoms with van der Waals surface area (Å²) in [5.74, 6) is 1.13. The number of hydrogen-bond donors (Lipinski definition) is 1. The van der Waals surface area contributed by atoms with Crippen LogP contribution in [-0.2, 0) is 0 Å². The topological polar surface area (TPSA) is 65.4 Å². The molecule has 0 unspecified atom stereocenters. The Morgan fingerprint density at radius 1 is 1.11 bits per heavy atom. The van der Waals surface area contributed by atoms with Crippen LogP contribution in [-0.4, -0.2) is 21.7 Å². The van der Waals surface area contributed by atoms with Gasteiger partial charge in [-0.15, -0.1) is 5.10 Å². The van der Waals surface area contributed by atoms with Crippen molar-refractivity contribution in [3.63, 3.8) is 0 Å². The molecule has 0 fully saturated rings. The van der Waals surface area contributed by atoms with E-state index in [1.54, 1.807) is 11.6 Å². The van der Waals surface area contributed by atoms with Crippen LogP contribution in [0.25, 0.3) is 16.8 Å². The van der Waals surface area contributed by atoms with Gasteiger partial charge in [-0.05, 0) is 36.8 Å². The van der Waals surface area contributed by atoms with E-state index in [1.165, 1.54) is 0 Å². The number of nitrogens with zero attached hydrogens (tertiary/aromatic N) is 3. The van der Waals surface area contributed by atoms with Crippen molar-refractivity contribution in [1.29, 1.82) is 0 Å². The molecule has 2 aromatic heterocycles. The van der Waals surface area contributed by atoms with E-state index in [0.29, 0.717) is 0 Å². The zero-order valence-electron chi connectivity index (χ0n) is 10.8. The lowest BCUT2D eigenvalue weighted by molar-refractivity contribution is 0.415. The van der Waals surface area contributed by atoms with E-state index in [0.717, 1.165) is 28.2 Å². The molecule has 0 spiro atoms. The van der Waals surface area contributed by atoms with Crippen molar-refractivity contribution in [3.8, 4) is 16.9 Å². The molecule has 19 heavy (non-hydrogen) atoms. The molecule has 0 aliphatic rings. The third-order valence-corrected chi connectivity index (χ3v) is 3.16. The van der Waals surface area contributed by atoms with E-state index in [9.17, 15) is 0 Å². The molecule has 0 atom stereocenters. The van der Waals surface area contributed by atoms with Crippen molar-refractivity contribution in [3.05, 3.63) is 42.1 Å². The Balaban J connectivity index is 2.15. The zero-order valence-corrected chi connectivity index (χ0v) is 10.8. The number of aryl methyl sites for hydroxylation is 1. The molecule has 3 rings (SSSR count). The van der Waals surface area contributed by atoms with Crippen LogP contribution in [0.5, 0.6) is 5.75 Å². The van der Waals surface area contributed by atoms with Crippen LogP contribution >= 0.6 is 0 Å². The molecule has 0 saturated carbocycles. The van der Waals surface area contributed by atoms with Crippen LogP contribution < -0.4 is 10.5 Å². The summed E-state index contributed by atoms with van der Waals surface area (Å²) in [7, 11) is 1.66. The molecule has 2 N–H and O–H groups in total. The minimum Gasteiger partial charge on any atom is -0.497 e. The molecule has 0 saturated heterocycles. The van der Waals surface area contributed by atoms with Gasteiger partial charge in [0.1, 0.15) is 5.75 Å². The lowest BCUT2D eigenvalue weighted by Crippen LogP contribution is -1.97. The molecule has 0 aliphatic heterocycles. The maximum Gasteiger partial charge on any atom is 0.240 e. The van der Waals surface area contributed by atoms with Gasteiger partial charge in [-0.3, -0.25) is 0 Å². The van der Waals surface area contributed by atoms with Gasteiger partial charge in [0.25, 0.3) is 0 Å². The summed E-state index contributed by atoms with van der Waals surface area (Å²) < 4.78 is 6.92. The summed E-state index contributed by atoms with van der Waals surface area (Å²) in [4.78, 5) is 4.15. The number of anilines is 1. The van der Waals surface area contributed by atoms with E-state index in [4.69, 9.17) is 10.5 Å². The molecule has 1 aromatic carbocycles. The van der Waals surface area contributed by atoms with E-state index in [2.05, 4.69) is 10.1 Å². The molecule has 5 heteroatoms. The minimum atomic E-state index is 0.287. The highest BCUT2D eigenvalue weighted by atomic mass is 16.5. The summed E-state index contributed by atoms with van der Waals surface area (Å²) in [6.07, 6.45) is 0. The first-order chi connectivity index (χ1) is 9.19. The maximum atomic E-state index is 5.63. The quantitative estimate of drug-likeness (QED) is 0.762. The zero-order chi connectivity index (χ0) is 13.4. The Bertz CT molecular complexity index is 731. The van der Waals surface area contributed by atoms with E-state index in [-0.39, 0.29) is 5.95 Å². The first-order valence-corrected chi connectivity index (χ1v) is 5.95. The van der Waals surface area contributed by atoms with Crippen LogP contribution in [0.3, 0.4) is 0 Å². The monoisotopic (exact) mass is 254 g/mol. The predicted octanol–water partition coefficient (Wildman–Crippen LogP) is 2.30. The summed E-state index contributed by atoms with van der Waals surface area (Å²) in [5.41, 5.74) is 9.59. The molecule has 0 aliphatic carbocycles. The highest BCUT2D eigenvalue weighted by Gasteiger charge is 2.08. The molecular weight excluding hydrogens is 240 g/mol. The summed E-state index contributed by atoms with van der Waals surface area (Å²) in [6.45, 7) is 2.00. The second kappa shape index (κ2) is 4.28. The van der Waals surface area contributed by atoms with Crippen LogP contribution in [0.2, 0.25) is 0 Å². The van der Waals surface area contributed by atoms with Gasteiger partial charge in [0, 0.05) is 11.3 Å². The average Bonchev–Trinajstić information content (AvgIpc) is 2.81. The number of nitrogen functional groups attached to an aromatic ring is 1. The fraction of sp³-hybridized carbons (Fsp3) is 0.143. The lowest BCUT2D eigenvalue weighted by Gasteiger charge is -2.08. The Kier molecular flexibility index (Phi) is 2.59. The van der Waals surface area contributed by atoms with Gasteiger partial charge in [0.2, 0.25) is 5.95 Å². The summed E-state index contributed by atoms with van der Waals surface area (Å²) in [6, 6.07) is 11.9. The highest BCUT2D eigenvalue weighted by molar-refractivity contribution is 5.68. The molecule has 0 bridgehead atoms. The third-order valence-electron chi connectivity index (χ3n) is 3.16. The highest BCUT2D eigenvalue weighted by Crippen LogP contribution is 2.26. The average molecular weight is 254 g/mol. The van der Waals surface area contributed by atoms with Gasteiger partial charge < -0.3 is 10.5 Å². The van der Waals surface area contributed by atoms with Crippen molar-refractivity contribution in [1.82, 2.24) is 14.6 Å². The Morgan fingerprint density at radius 2 is 1.84 bits per heavy atom. The number of rotatable bonds is 2. The second-order valence-electron chi connectivity index (χ2n) is 4.30. The molecule has 0 radical (unpaired) electrons. The molecule has 5 nitrogen and oxygen atoms in total. The van der Waals surface area contributed by atoms with Crippen molar-refractivity contribution in [2.45, 2.75) is 6.92 Å². The van der Waals surface area contributed by atoms with Gasteiger partial charge >= 0.3 is 0 Å². The lowest BCUT2D eigenvalue weighted by atomic mass is 10.0. The molecule has 0 amide bonds. The number of pyridine rings is 1. The van der Waals surface area contributed by atoms with Crippen molar-refractivity contribution < 1.29 is 4.74 Å². The van der Waals surface area contributed by atoms with Crippen molar-refractivity contribution in [2.75, 3.05) is 12.8 Å². The standard InChI is InChI=1S/C14H14N4O/c1-9-12(10-3-5-11(19-2)6-4-10)7-8-13-16-14(15)17-18(9)13/h3-8H,1-2H3,(H2,15,17). The summed E-state index contributed by atoms with van der Waals surface area (Å²) >= 11 is 0. The van der Waals surface area contributed by atoms with Gasteiger partial charge in [-0.25, -0.2) is 4.52 Å². The first kappa shape index (κ1) is 11.5. The minimum absolute atomic E-state index is 0.287. The van der Waals surface area contributed by atoms with Crippen LogP contribution in [0.1, 0.15) is 5.69 Å². The number of aromatic nitrogens is 3. The molecule has 96 valence electrons. The third kappa shape index (κ3) is 1.89. The Morgan fingerprint density at radius 3 is 2.53 bits per heavy atom. The number of methoxy groups -OCH3 is 1. The SMILES string of the molecule is COc1ccc(-c2ccc3nc(N)nn3c2C)cc1. The van der Waals surface area contributed by atoms with Crippen LogP contribution in [0.4, 0.5) is 5.95 Å². The number of hydrogen-bond acceptors (Lipinski definition) is 4. The second-order valence-corrected chi connectivity index (χ2v) is 4.30. The van der Waals surface area contributed by atoms with Crippen LogP contribution in [0.15, 0.2) is 36.4 Å². The largest absolute Gasteiger partial charge is 0.497 e. The number of fused-ring (bicyclic) bond motifs is 1. The van der Waals surface area contributed by atoms with Gasteiger partial charge in [-0.2, -0.15) is 4.98 Å². The van der Waals surface area contributed by atoms with Crippen molar-refractivity contribution >= 4 is 11.6 Å². The fourth-order valence-electron chi connectivity index (χ4n) is 2.16. The maximum absolute atomic E-state index is 5.63. The normalized spacial score (nSPS) is 10.8. The van der Waals surface area contributed by atoms with E-state index < -0.39 is 0 Å². The fourth-order valence-corrected chi connectivity index (χ4v) is 2.16. The van der Waals surface area contributed by atoms with E-state index in [1.807, 2.05) is 43.3 Å². The summed E-state index contributed by atoms with van der Waals surface area (Å²) in [5, 5.41) is 4.19. The van der Waals surface area contributed by atoms with Crippen molar-refractivity contribution in [2.24, 2.45) is 0 Å². The van der Waals surface area contributed by atoms with Gasteiger partial charge in [0.15, 0.2) is 5.65 Å².